The Morgan fingerprint density at radius 2 is 1.96 bits per heavy atom. The van der Waals surface area contributed by atoms with Gasteiger partial charge in [-0.15, -0.1) is 0 Å². The number of hydrogen-bond donors (Lipinski definition) is 1. The van der Waals surface area contributed by atoms with Crippen molar-refractivity contribution in [1.82, 2.24) is 0 Å². The van der Waals surface area contributed by atoms with E-state index >= 15 is 0 Å². The second-order valence-corrected chi connectivity index (χ2v) is 6.54. The van der Waals surface area contributed by atoms with Gasteiger partial charge in [0.15, 0.2) is 6.61 Å². The van der Waals surface area contributed by atoms with Crippen LogP contribution in [0.15, 0.2) is 47.1 Å². The lowest BCUT2D eigenvalue weighted by atomic mass is 10.1. The standard InChI is InChI=1S/C20H18ClNO4/c1-12-3-6-16-14(10-25-18(16)7-12)8-20(24)26-11-19(23)22-17-9-15(21)5-4-13(17)2/h3-7,9-10H,8,11H2,1-2H3,(H,22,23). The number of carbonyl (C=O) groups is 2. The quantitative estimate of drug-likeness (QED) is 0.674. The van der Waals surface area contributed by atoms with Crippen LogP contribution in [0.2, 0.25) is 5.02 Å². The number of rotatable bonds is 5. The van der Waals surface area contributed by atoms with Gasteiger partial charge in [0.25, 0.3) is 5.91 Å². The van der Waals surface area contributed by atoms with E-state index in [4.69, 9.17) is 20.8 Å². The molecule has 0 saturated heterocycles. The lowest BCUT2D eigenvalue weighted by Crippen LogP contribution is -2.22. The maximum atomic E-state index is 12.0. The molecule has 0 fully saturated rings. The number of carbonyl (C=O) groups excluding carboxylic acids is 2. The summed E-state index contributed by atoms with van der Waals surface area (Å²) in [6, 6.07) is 11.0. The number of anilines is 1. The zero-order chi connectivity index (χ0) is 18.7. The molecule has 0 bridgehead atoms. The van der Waals surface area contributed by atoms with E-state index < -0.39 is 11.9 Å². The number of fused-ring (bicyclic) bond motifs is 1. The van der Waals surface area contributed by atoms with Crippen LogP contribution in [0.1, 0.15) is 16.7 Å². The molecule has 0 saturated carbocycles. The van der Waals surface area contributed by atoms with Gasteiger partial charge in [0.05, 0.1) is 12.7 Å². The first-order valence-corrected chi connectivity index (χ1v) is 8.48. The largest absolute Gasteiger partial charge is 0.464 e. The van der Waals surface area contributed by atoms with Gasteiger partial charge in [0.2, 0.25) is 0 Å². The monoisotopic (exact) mass is 371 g/mol. The fraction of sp³-hybridized carbons (Fsp3) is 0.200. The summed E-state index contributed by atoms with van der Waals surface area (Å²) in [4.78, 5) is 24.0. The van der Waals surface area contributed by atoms with Crippen molar-refractivity contribution < 1.29 is 18.7 Å². The summed E-state index contributed by atoms with van der Waals surface area (Å²) in [6.07, 6.45) is 1.58. The fourth-order valence-corrected chi connectivity index (χ4v) is 2.77. The van der Waals surface area contributed by atoms with Crippen LogP contribution in [-0.4, -0.2) is 18.5 Å². The Morgan fingerprint density at radius 1 is 1.15 bits per heavy atom. The Bertz CT molecular complexity index is 977. The number of ether oxygens (including phenoxy) is 1. The van der Waals surface area contributed by atoms with Crippen LogP contribution in [0.3, 0.4) is 0 Å². The van der Waals surface area contributed by atoms with Gasteiger partial charge in [-0.2, -0.15) is 0 Å². The Morgan fingerprint density at radius 3 is 2.77 bits per heavy atom. The zero-order valence-corrected chi connectivity index (χ0v) is 15.2. The van der Waals surface area contributed by atoms with E-state index in [1.165, 1.54) is 0 Å². The topological polar surface area (TPSA) is 68.5 Å². The summed E-state index contributed by atoms with van der Waals surface area (Å²) in [5.41, 5.74) is 4.00. The number of furan rings is 1. The molecule has 0 atom stereocenters. The highest BCUT2D eigenvalue weighted by atomic mass is 35.5. The number of halogens is 1. The molecule has 0 aliphatic heterocycles. The molecule has 1 heterocycles. The Labute approximate surface area is 155 Å². The summed E-state index contributed by atoms with van der Waals surface area (Å²) in [6.45, 7) is 3.46. The van der Waals surface area contributed by atoms with Crippen molar-refractivity contribution in [2.75, 3.05) is 11.9 Å². The summed E-state index contributed by atoms with van der Waals surface area (Å²) in [5.74, 6) is -0.914. The minimum Gasteiger partial charge on any atom is -0.464 e. The molecule has 1 amide bonds. The van der Waals surface area contributed by atoms with E-state index in [0.29, 0.717) is 10.7 Å². The van der Waals surface area contributed by atoms with E-state index in [2.05, 4.69) is 5.32 Å². The molecule has 0 aliphatic carbocycles. The number of amides is 1. The molecule has 134 valence electrons. The molecule has 6 heteroatoms. The minimum atomic E-state index is -0.494. The van der Waals surface area contributed by atoms with E-state index in [9.17, 15) is 9.59 Å². The highest BCUT2D eigenvalue weighted by Crippen LogP contribution is 2.23. The third kappa shape index (κ3) is 4.24. The van der Waals surface area contributed by atoms with Crippen molar-refractivity contribution >= 4 is 40.1 Å². The first-order chi connectivity index (χ1) is 12.4. The molecule has 0 radical (unpaired) electrons. The molecular formula is C20H18ClNO4. The molecule has 3 rings (SSSR count). The third-order valence-corrected chi connectivity index (χ3v) is 4.22. The van der Waals surface area contributed by atoms with Gasteiger partial charge in [-0.1, -0.05) is 29.8 Å². The van der Waals surface area contributed by atoms with Crippen LogP contribution in [0, 0.1) is 13.8 Å². The van der Waals surface area contributed by atoms with Crippen LogP contribution >= 0.6 is 11.6 Å². The maximum Gasteiger partial charge on any atom is 0.310 e. The van der Waals surface area contributed by atoms with Crippen molar-refractivity contribution in [3.8, 4) is 0 Å². The normalized spacial score (nSPS) is 10.7. The Hall–Kier alpha value is -2.79. The lowest BCUT2D eigenvalue weighted by molar-refractivity contribution is -0.146. The fourth-order valence-electron chi connectivity index (χ4n) is 2.60. The maximum absolute atomic E-state index is 12.0. The van der Waals surface area contributed by atoms with E-state index in [-0.39, 0.29) is 13.0 Å². The van der Waals surface area contributed by atoms with Crippen molar-refractivity contribution in [2.24, 2.45) is 0 Å². The molecule has 26 heavy (non-hydrogen) atoms. The van der Waals surface area contributed by atoms with Gasteiger partial charge in [0, 0.05) is 21.7 Å². The summed E-state index contributed by atoms with van der Waals surface area (Å²) >= 11 is 5.92. The second kappa shape index (κ2) is 7.62. The van der Waals surface area contributed by atoms with Crippen LogP contribution in [0.25, 0.3) is 11.0 Å². The summed E-state index contributed by atoms with van der Waals surface area (Å²) in [5, 5.41) is 4.07. The average Bonchev–Trinajstić information content (AvgIpc) is 2.98. The SMILES string of the molecule is Cc1ccc2c(CC(=O)OCC(=O)Nc3cc(Cl)ccc3C)coc2c1. The first-order valence-electron chi connectivity index (χ1n) is 8.11. The van der Waals surface area contributed by atoms with Crippen LogP contribution < -0.4 is 5.32 Å². The van der Waals surface area contributed by atoms with Crippen LogP contribution in [0.5, 0.6) is 0 Å². The van der Waals surface area contributed by atoms with Gasteiger partial charge >= 0.3 is 5.97 Å². The van der Waals surface area contributed by atoms with E-state index in [0.717, 1.165) is 27.7 Å². The van der Waals surface area contributed by atoms with Crippen LogP contribution in [-0.2, 0) is 20.7 Å². The Kier molecular flexibility index (Phi) is 5.28. The van der Waals surface area contributed by atoms with Crippen molar-refractivity contribution in [2.45, 2.75) is 20.3 Å². The number of benzene rings is 2. The number of esters is 1. The zero-order valence-electron chi connectivity index (χ0n) is 14.5. The Balaban J connectivity index is 1.56. The number of nitrogens with one attached hydrogen (secondary N) is 1. The molecule has 0 spiro atoms. The smallest absolute Gasteiger partial charge is 0.310 e. The molecule has 0 aliphatic rings. The predicted octanol–water partition coefficient (Wildman–Crippen LogP) is 4.43. The van der Waals surface area contributed by atoms with Crippen LogP contribution in [0.4, 0.5) is 5.69 Å². The molecule has 5 nitrogen and oxygen atoms in total. The van der Waals surface area contributed by atoms with Gasteiger partial charge in [0.1, 0.15) is 5.58 Å². The number of aryl methyl sites for hydroxylation is 2. The first kappa shape index (κ1) is 18.0. The van der Waals surface area contributed by atoms with Crippen molar-refractivity contribution in [3.05, 3.63) is 64.4 Å². The van der Waals surface area contributed by atoms with E-state index in [1.54, 1.807) is 24.5 Å². The highest BCUT2D eigenvalue weighted by molar-refractivity contribution is 6.31. The van der Waals surface area contributed by atoms with Crippen molar-refractivity contribution in [1.29, 1.82) is 0 Å². The molecule has 1 aromatic heterocycles. The third-order valence-electron chi connectivity index (χ3n) is 3.98. The summed E-state index contributed by atoms with van der Waals surface area (Å²) in [7, 11) is 0. The molecule has 1 N–H and O–H groups in total. The average molecular weight is 372 g/mol. The highest BCUT2D eigenvalue weighted by Gasteiger charge is 2.13. The number of hydrogen-bond acceptors (Lipinski definition) is 4. The van der Waals surface area contributed by atoms with Gasteiger partial charge < -0.3 is 14.5 Å². The lowest BCUT2D eigenvalue weighted by Gasteiger charge is -2.09. The minimum absolute atomic E-state index is 0.0412. The molecule has 2 aromatic carbocycles. The molecular weight excluding hydrogens is 354 g/mol. The van der Waals surface area contributed by atoms with Gasteiger partial charge in [-0.05, 0) is 43.2 Å². The predicted molar refractivity (Wildman–Crippen MR) is 100 cm³/mol. The molecule has 0 unspecified atom stereocenters. The van der Waals surface area contributed by atoms with Crippen molar-refractivity contribution in [3.63, 3.8) is 0 Å². The van der Waals surface area contributed by atoms with E-state index in [1.807, 2.05) is 32.0 Å². The van der Waals surface area contributed by atoms with Gasteiger partial charge in [-0.25, -0.2) is 0 Å². The van der Waals surface area contributed by atoms with Gasteiger partial charge in [-0.3, -0.25) is 9.59 Å². The second-order valence-electron chi connectivity index (χ2n) is 6.11. The molecule has 3 aromatic rings. The summed E-state index contributed by atoms with van der Waals surface area (Å²) < 4.78 is 10.5.